The molecule has 2 aromatic rings. The van der Waals surface area contributed by atoms with Crippen molar-refractivity contribution >= 4 is 74.5 Å². The van der Waals surface area contributed by atoms with E-state index in [1.165, 1.54) is 15.9 Å². The molecule has 6 rings (SSSR count). The molecular weight excluding hydrogens is 800 g/mol. The summed E-state index contributed by atoms with van der Waals surface area (Å²) in [5.41, 5.74) is -0.707. The van der Waals surface area contributed by atoms with E-state index in [-0.39, 0.29) is 60.1 Å². The van der Waals surface area contributed by atoms with Crippen LogP contribution in [0.2, 0.25) is 8.67 Å². The molecule has 2 fully saturated rings. The summed E-state index contributed by atoms with van der Waals surface area (Å²) in [6.07, 6.45) is 3.72. The fourth-order valence-corrected chi connectivity index (χ4v) is 10.3. The Morgan fingerprint density at radius 1 is 1.15 bits per heavy atom. The van der Waals surface area contributed by atoms with E-state index in [4.69, 9.17) is 32.7 Å². The number of rotatable bonds is 7. The molecule has 0 unspecified atom stereocenters. The highest BCUT2D eigenvalue weighted by atomic mass is 35.5. The predicted molar refractivity (Wildman–Crippen MR) is 200 cm³/mol. The summed E-state index contributed by atoms with van der Waals surface area (Å²) in [5, 5.41) is 5.39. The Hall–Kier alpha value is -3.93. The maximum atomic E-state index is 14.4. The molecule has 5 amide bonds. The van der Waals surface area contributed by atoms with E-state index in [1.54, 1.807) is 18.2 Å². The number of sulfonamides is 1. The minimum absolute atomic E-state index is 0.0250. The molecule has 55 heavy (non-hydrogen) atoms. The van der Waals surface area contributed by atoms with E-state index >= 15 is 0 Å². The number of fused-ring (bicyclic) bond motifs is 3. The molecule has 3 aliphatic heterocycles. The van der Waals surface area contributed by atoms with Crippen molar-refractivity contribution in [1.82, 2.24) is 25.2 Å². The molecule has 1 saturated heterocycles. The van der Waals surface area contributed by atoms with Crippen LogP contribution in [-0.2, 0) is 47.0 Å². The molecule has 14 nitrogen and oxygen atoms in total. The molecule has 1 aromatic heterocycles. The zero-order valence-electron chi connectivity index (χ0n) is 30.1. The molecule has 4 aliphatic rings. The lowest BCUT2D eigenvalue weighted by molar-refractivity contribution is -0.141. The lowest BCUT2D eigenvalue weighted by Gasteiger charge is -2.29. The third-order valence-corrected chi connectivity index (χ3v) is 13.2. The van der Waals surface area contributed by atoms with E-state index in [0.717, 1.165) is 17.4 Å². The van der Waals surface area contributed by atoms with Crippen LogP contribution >= 0.6 is 34.5 Å². The van der Waals surface area contributed by atoms with Crippen LogP contribution < -0.4 is 15.4 Å². The smallest absolute Gasteiger partial charge is 0.410 e. The van der Waals surface area contributed by atoms with Gasteiger partial charge in [0, 0.05) is 24.4 Å². The van der Waals surface area contributed by atoms with Gasteiger partial charge in [0.05, 0.1) is 24.0 Å². The van der Waals surface area contributed by atoms with Crippen LogP contribution in [0.3, 0.4) is 0 Å². The number of allylic oxidation sites excluding steroid dienone is 1. The highest BCUT2D eigenvalue weighted by Gasteiger charge is 2.62. The van der Waals surface area contributed by atoms with Crippen LogP contribution in [0.4, 0.5) is 14.0 Å². The highest BCUT2D eigenvalue weighted by molar-refractivity contribution is 7.90. The Morgan fingerprint density at radius 3 is 2.64 bits per heavy atom. The number of carbonyl (C=O) groups is 5. The average molecular weight is 843 g/mol. The fourth-order valence-electron chi connectivity index (χ4n) is 7.10. The van der Waals surface area contributed by atoms with Crippen molar-refractivity contribution in [3.05, 3.63) is 62.0 Å². The van der Waals surface area contributed by atoms with Crippen molar-refractivity contribution < 1.29 is 46.3 Å². The highest BCUT2D eigenvalue weighted by Crippen LogP contribution is 2.46. The topological polar surface area (TPSA) is 181 Å². The van der Waals surface area contributed by atoms with Gasteiger partial charge in [-0.2, -0.15) is 0 Å². The third kappa shape index (κ3) is 9.21. The first-order valence-corrected chi connectivity index (χ1v) is 21.1. The molecule has 1 saturated carbocycles. The number of nitrogens with zero attached hydrogens (tertiary/aromatic N) is 2. The van der Waals surface area contributed by atoms with Crippen molar-refractivity contribution in [2.75, 3.05) is 13.2 Å². The molecule has 5 atom stereocenters. The van der Waals surface area contributed by atoms with Crippen LogP contribution in [0.5, 0.6) is 0 Å². The van der Waals surface area contributed by atoms with Crippen molar-refractivity contribution in [1.29, 1.82) is 0 Å². The van der Waals surface area contributed by atoms with E-state index < -0.39 is 80.3 Å². The summed E-state index contributed by atoms with van der Waals surface area (Å²) in [5.74, 6) is -3.42. The van der Waals surface area contributed by atoms with Crippen molar-refractivity contribution in [3.63, 3.8) is 0 Å². The Morgan fingerprint density at radius 2 is 1.93 bits per heavy atom. The maximum Gasteiger partial charge on any atom is 0.410 e. The second-order valence-corrected chi connectivity index (χ2v) is 18.6. The van der Waals surface area contributed by atoms with Crippen LogP contribution in [0.1, 0.15) is 69.9 Å². The molecular formula is C36H42Cl2FN5O9S2. The van der Waals surface area contributed by atoms with Gasteiger partial charge >= 0.3 is 12.2 Å². The summed E-state index contributed by atoms with van der Waals surface area (Å²) in [6, 6.07) is 3.29. The van der Waals surface area contributed by atoms with Gasteiger partial charge in [0.15, 0.2) is 0 Å². The quantitative estimate of drug-likeness (QED) is 0.313. The molecule has 3 N–H and O–H groups in total. The van der Waals surface area contributed by atoms with Crippen LogP contribution in [0.25, 0.3) is 0 Å². The number of alkyl carbamates (subject to hydrolysis) is 1. The van der Waals surface area contributed by atoms with Gasteiger partial charge in [-0.05, 0) is 49.3 Å². The zero-order chi connectivity index (χ0) is 39.7. The summed E-state index contributed by atoms with van der Waals surface area (Å²) in [4.78, 5) is 70.8. The first-order valence-electron chi connectivity index (χ1n) is 18.0. The zero-order valence-corrected chi connectivity index (χ0v) is 33.3. The van der Waals surface area contributed by atoms with Gasteiger partial charge in [-0.15, -0.1) is 11.3 Å². The van der Waals surface area contributed by atoms with Crippen molar-refractivity contribution in [2.45, 2.75) is 101 Å². The summed E-state index contributed by atoms with van der Waals surface area (Å²) in [6.45, 7) is 3.69. The SMILES string of the molecule is CC(C)COC(=O)N[C@H]1CCCCC/C=C\[C@H]2C[C@@]2(C(=O)NS(=O)(=O)c2cc(Cl)sc2Cl)NC(=O)[C@@H]2C[C@@H](OC(=O)N3Cc4cccc(F)c4C3)CN2C1=O. The van der Waals surface area contributed by atoms with Crippen molar-refractivity contribution in [3.8, 4) is 0 Å². The molecule has 0 bridgehead atoms. The number of amides is 5. The minimum atomic E-state index is -4.50. The minimum Gasteiger partial charge on any atom is -0.449 e. The number of hydrogen-bond acceptors (Lipinski definition) is 10. The Bertz CT molecular complexity index is 2000. The number of ether oxygens (including phenoxy) is 2. The first kappa shape index (κ1) is 40.7. The van der Waals surface area contributed by atoms with Crippen LogP contribution in [0.15, 0.2) is 41.3 Å². The second-order valence-electron chi connectivity index (χ2n) is 14.6. The molecule has 1 aromatic carbocycles. The van der Waals surface area contributed by atoms with Gasteiger partial charge in [0.2, 0.25) is 11.8 Å². The molecule has 0 spiro atoms. The monoisotopic (exact) mass is 841 g/mol. The van der Waals surface area contributed by atoms with E-state index in [2.05, 4.69) is 10.6 Å². The molecule has 0 radical (unpaired) electrons. The predicted octanol–water partition coefficient (Wildman–Crippen LogP) is 5.27. The van der Waals surface area contributed by atoms with Gasteiger partial charge in [-0.25, -0.2) is 27.1 Å². The number of carbonyl (C=O) groups excluding carboxylic acids is 5. The molecule has 298 valence electrons. The Labute approximate surface area is 332 Å². The molecule has 19 heteroatoms. The Kier molecular flexibility index (Phi) is 12.3. The molecule has 1 aliphatic carbocycles. The largest absolute Gasteiger partial charge is 0.449 e. The van der Waals surface area contributed by atoms with E-state index in [0.29, 0.717) is 36.8 Å². The maximum absolute atomic E-state index is 14.4. The standard InChI is InChI=1S/C36H42Cl2FN5O9S2/c1-20(2)19-52-34(48)40-26-12-7-5-3-4-6-10-22-15-36(22,33(47)42-55(50,51)28-14-29(37)54-30(28)38)41-31(45)27-13-23(17-44(27)32(26)46)53-35(49)43-16-21-9-8-11-25(39)24(21)18-43/h6,8-11,14,20,22-23,26-27H,3-5,7,12-13,15-19H2,1-2H3,(H,40,48)(H,41,45)(H,42,47)/b10-6-/t22-,23+,26-,27-,36+/m0/s1. The van der Waals surface area contributed by atoms with Crippen LogP contribution in [0, 0.1) is 17.7 Å². The Balaban J connectivity index is 1.26. The van der Waals surface area contributed by atoms with Crippen LogP contribution in [-0.4, -0.2) is 85.0 Å². The summed E-state index contributed by atoms with van der Waals surface area (Å²) >= 11 is 12.9. The second kappa shape index (κ2) is 16.7. The average Bonchev–Trinajstić information content (AvgIpc) is 3.42. The molecule has 4 heterocycles. The van der Waals surface area contributed by atoms with E-state index in [1.807, 2.05) is 24.6 Å². The number of nitrogens with one attached hydrogen (secondary N) is 3. The van der Waals surface area contributed by atoms with E-state index in [9.17, 15) is 36.8 Å². The first-order chi connectivity index (χ1) is 26.1. The lowest BCUT2D eigenvalue weighted by Crippen LogP contribution is -2.58. The number of thiophene rings is 1. The van der Waals surface area contributed by atoms with Gasteiger partial charge in [-0.1, -0.05) is 74.2 Å². The summed E-state index contributed by atoms with van der Waals surface area (Å²) in [7, 11) is -4.50. The number of benzene rings is 1. The van der Waals surface area contributed by atoms with Gasteiger partial charge < -0.3 is 25.0 Å². The van der Waals surface area contributed by atoms with Gasteiger partial charge in [-0.3, -0.25) is 19.3 Å². The number of hydrogen-bond donors (Lipinski definition) is 3. The normalized spacial score (nSPS) is 26.1. The third-order valence-electron chi connectivity index (χ3n) is 10.1. The summed E-state index contributed by atoms with van der Waals surface area (Å²) < 4.78 is 54.1. The van der Waals surface area contributed by atoms with Gasteiger partial charge in [0.25, 0.3) is 15.9 Å². The van der Waals surface area contributed by atoms with Crippen molar-refractivity contribution in [2.24, 2.45) is 11.8 Å². The lowest BCUT2D eigenvalue weighted by atomic mass is 10.0. The van der Waals surface area contributed by atoms with Gasteiger partial charge in [0.1, 0.15) is 38.8 Å². The number of halogens is 3. The fraction of sp³-hybridized carbons (Fsp3) is 0.528.